The van der Waals surface area contributed by atoms with Crippen molar-refractivity contribution in [2.45, 2.75) is 6.29 Å². The van der Waals surface area contributed by atoms with Gasteiger partial charge in [-0.2, -0.15) is 0 Å². The van der Waals surface area contributed by atoms with Gasteiger partial charge in [-0.25, -0.2) is 0 Å². The van der Waals surface area contributed by atoms with Crippen LogP contribution in [0.5, 0.6) is 0 Å². The van der Waals surface area contributed by atoms with Crippen LogP contribution in [0.1, 0.15) is 0 Å². The maximum absolute atomic E-state index is 8.42. The van der Waals surface area contributed by atoms with Crippen LogP contribution in [0.2, 0.25) is 0 Å². The van der Waals surface area contributed by atoms with Crippen molar-refractivity contribution in [2.24, 2.45) is 0 Å². The van der Waals surface area contributed by atoms with E-state index in [2.05, 4.69) is 4.74 Å². The summed E-state index contributed by atoms with van der Waals surface area (Å²) < 4.78 is 9.39. The number of aliphatic hydroxyl groups is 2. The molecule has 0 aliphatic heterocycles. The average Bonchev–Trinajstić information content (AvgIpc) is 1.91. The van der Waals surface area contributed by atoms with E-state index in [0.29, 0.717) is 0 Å². The highest BCUT2D eigenvalue weighted by atomic mass is 16.7. The smallest absolute Gasteiger partial charge is 0.180 e. The molecule has 0 aliphatic rings. The van der Waals surface area contributed by atoms with Crippen LogP contribution in [0.15, 0.2) is 0 Å². The van der Waals surface area contributed by atoms with E-state index < -0.39 is 6.29 Å². The highest BCUT2D eigenvalue weighted by Crippen LogP contribution is 1.88. The van der Waals surface area contributed by atoms with Crippen molar-refractivity contribution in [3.8, 4) is 0 Å². The number of ether oxygens (including phenoxy) is 2. The lowest BCUT2D eigenvalue weighted by Gasteiger charge is -2.11. The summed E-state index contributed by atoms with van der Waals surface area (Å²) in [4.78, 5) is 0. The number of aliphatic hydroxyl groups excluding tert-OH is 2. The summed E-state index contributed by atoms with van der Waals surface area (Å²) in [5.74, 6) is 0. The largest absolute Gasteiger partial charge is 0.394 e. The van der Waals surface area contributed by atoms with Gasteiger partial charge in [0.25, 0.3) is 0 Å². The van der Waals surface area contributed by atoms with E-state index in [1.807, 2.05) is 0 Å². The summed E-state index contributed by atoms with van der Waals surface area (Å²) in [6.07, 6.45) is -0.600. The predicted molar refractivity (Wildman–Crippen MR) is 30.9 cm³/mol. The highest BCUT2D eigenvalue weighted by molar-refractivity contribution is 4.36. The van der Waals surface area contributed by atoms with Gasteiger partial charge in [-0.1, -0.05) is 0 Å². The summed E-state index contributed by atoms with van der Waals surface area (Å²) >= 11 is 0. The lowest BCUT2D eigenvalue weighted by molar-refractivity contribution is -0.150. The van der Waals surface area contributed by atoms with Crippen molar-refractivity contribution in [1.82, 2.24) is 0 Å². The maximum Gasteiger partial charge on any atom is 0.180 e. The zero-order valence-corrected chi connectivity index (χ0v) is 5.41. The minimum atomic E-state index is -0.600. The van der Waals surface area contributed by atoms with Gasteiger partial charge in [0.2, 0.25) is 0 Å². The molecule has 0 aromatic rings. The number of hydrogen-bond donors (Lipinski definition) is 2. The molecule has 0 fully saturated rings. The van der Waals surface area contributed by atoms with Crippen LogP contribution in [-0.2, 0) is 9.47 Å². The third kappa shape index (κ3) is 4.35. The molecular formula is C5H12O4. The van der Waals surface area contributed by atoms with Crippen LogP contribution in [0, 0.1) is 0 Å². The fraction of sp³-hybridized carbons (Fsp3) is 1.00. The second kappa shape index (κ2) is 5.97. The Morgan fingerprint density at radius 1 is 1.44 bits per heavy atom. The lowest BCUT2D eigenvalue weighted by Crippen LogP contribution is -2.21. The van der Waals surface area contributed by atoms with E-state index in [9.17, 15) is 0 Å². The lowest BCUT2D eigenvalue weighted by atomic mass is 10.6. The van der Waals surface area contributed by atoms with Gasteiger partial charge in [-0.05, 0) is 0 Å². The molecule has 0 aromatic heterocycles. The molecule has 0 aromatic carbocycles. The molecule has 0 unspecified atom stereocenters. The van der Waals surface area contributed by atoms with E-state index in [-0.39, 0.29) is 19.8 Å². The Labute approximate surface area is 54.0 Å². The monoisotopic (exact) mass is 136 g/mol. The Balaban J connectivity index is 3.09. The molecule has 2 N–H and O–H groups in total. The van der Waals surface area contributed by atoms with Gasteiger partial charge in [0.05, 0.1) is 19.8 Å². The standard InChI is InChI=1S/C5H12O4/c1-8-5(4-7)9-3-2-6/h5-7H,2-4H2,1H3/t5-/m0/s1. The van der Waals surface area contributed by atoms with Crippen molar-refractivity contribution in [2.75, 3.05) is 26.9 Å². The highest BCUT2D eigenvalue weighted by Gasteiger charge is 2.02. The second-order valence-corrected chi connectivity index (χ2v) is 1.44. The van der Waals surface area contributed by atoms with Gasteiger partial charge in [0.15, 0.2) is 6.29 Å². The van der Waals surface area contributed by atoms with Crippen LogP contribution < -0.4 is 0 Å². The Kier molecular flexibility index (Phi) is 5.86. The van der Waals surface area contributed by atoms with Crippen LogP contribution in [0.3, 0.4) is 0 Å². The van der Waals surface area contributed by atoms with Gasteiger partial charge in [0.1, 0.15) is 0 Å². The van der Waals surface area contributed by atoms with Gasteiger partial charge >= 0.3 is 0 Å². The zero-order valence-electron chi connectivity index (χ0n) is 5.41. The predicted octanol–water partition coefficient (Wildman–Crippen LogP) is -1.04. The Morgan fingerprint density at radius 3 is 2.44 bits per heavy atom. The zero-order chi connectivity index (χ0) is 7.11. The Hall–Kier alpha value is -0.160. The summed E-state index contributed by atoms with van der Waals surface area (Å²) in [7, 11) is 1.43. The van der Waals surface area contributed by atoms with Crippen molar-refractivity contribution < 1.29 is 19.7 Å². The van der Waals surface area contributed by atoms with E-state index in [4.69, 9.17) is 14.9 Å². The van der Waals surface area contributed by atoms with Gasteiger partial charge in [-0.15, -0.1) is 0 Å². The SMILES string of the molecule is CO[C@H](CO)OCCO. The number of rotatable bonds is 5. The summed E-state index contributed by atoms with van der Waals surface area (Å²) in [6.45, 7) is -0.0462. The van der Waals surface area contributed by atoms with Crippen LogP contribution in [0.25, 0.3) is 0 Å². The fourth-order valence-electron chi connectivity index (χ4n) is 0.379. The first-order valence-corrected chi connectivity index (χ1v) is 2.71. The molecule has 0 heterocycles. The third-order valence-electron chi connectivity index (χ3n) is 0.807. The van der Waals surface area contributed by atoms with Crippen LogP contribution in [-0.4, -0.2) is 43.4 Å². The van der Waals surface area contributed by atoms with Crippen molar-refractivity contribution in [3.05, 3.63) is 0 Å². The molecular weight excluding hydrogens is 124 g/mol. The maximum atomic E-state index is 8.42. The minimum absolute atomic E-state index is 0.0557. The first-order chi connectivity index (χ1) is 4.35. The van der Waals surface area contributed by atoms with Crippen LogP contribution >= 0.6 is 0 Å². The van der Waals surface area contributed by atoms with Crippen molar-refractivity contribution in [1.29, 1.82) is 0 Å². The van der Waals surface area contributed by atoms with Gasteiger partial charge < -0.3 is 19.7 Å². The Bertz CT molecular complexity index is 52.9. The molecule has 1 atom stereocenters. The molecule has 0 saturated carbocycles. The first kappa shape index (κ1) is 8.84. The van der Waals surface area contributed by atoms with Crippen LogP contribution in [0.4, 0.5) is 0 Å². The van der Waals surface area contributed by atoms with E-state index in [0.717, 1.165) is 0 Å². The molecule has 0 aliphatic carbocycles. The molecule has 0 saturated heterocycles. The fourth-order valence-corrected chi connectivity index (χ4v) is 0.379. The molecule has 0 radical (unpaired) electrons. The molecule has 9 heavy (non-hydrogen) atoms. The second-order valence-electron chi connectivity index (χ2n) is 1.44. The van der Waals surface area contributed by atoms with Gasteiger partial charge in [-0.3, -0.25) is 0 Å². The molecule has 0 amide bonds. The molecule has 4 nitrogen and oxygen atoms in total. The van der Waals surface area contributed by atoms with E-state index >= 15 is 0 Å². The Morgan fingerprint density at radius 2 is 2.11 bits per heavy atom. The van der Waals surface area contributed by atoms with Crippen molar-refractivity contribution in [3.63, 3.8) is 0 Å². The molecule has 56 valence electrons. The average molecular weight is 136 g/mol. The minimum Gasteiger partial charge on any atom is -0.394 e. The molecule has 0 spiro atoms. The normalized spacial score (nSPS) is 13.7. The van der Waals surface area contributed by atoms with E-state index in [1.54, 1.807) is 0 Å². The summed E-state index contributed by atoms with van der Waals surface area (Å²) in [5.41, 5.74) is 0. The molecule has 0 rings (SSSR count). The quantitative estimate of drug-likeness (QED) is 0.474. The topological polar surface area (TPSA) is 58.9 Å². The molecule has 0 bridgehead atoms. The van der Waals surface area contributed by atoms with Gasteiger partial charge in [0, 0.05) is 7.11 Å². The third-order valence-corrected chi connectivity index (χ3v) is 0.807. The summed E-state index contributed by atoms with van der Waals surface area (Å²) in [6, 6.07) is 0. The first-order valence-electron chi connectivity index (χ1n) is 2.71. The molecule has 4 heteroatoms. The number of methoxy groups -OCH3 is 1. The number of hydrogen-bond acceptors (Lipinski definition) is 4. The van der Waals surface area contributed by atoms with E-state index in [1.165, 1.54) is 7.11 Å². The van der Waals surface area contributed by atoms with Crippen molar-refractivity contribution >= 4 is 0 Å². The summed E-state index contributed by atoms with van der Waals surface area (Å²) in [5, 5.41) is 16.7.